The van der Waals surface area contributed by atoms with Gasteiger partial charge < -0.3 is 9.84 Å². The second-order valence-corrected chi connectivity index (χ2v) is 4.22. The lowest BCUT2D eigenvalue weighted by Gasteiger charge is -2.02. The number of aromatic carboxylic acids is 1. The van der Waals surface area contributed by atoms with E-state index in [1.165, 1.54) is 11.8 Å². The van der Waals surface area contributed by atoms with Gasteiger partial charge in [-0.1, -0.05) is 46.8 Å². The number of halogens is 1. The van der Waals surface area contributed by atoms with E-state index >= 15 is 0 Å². The summed E-state index contributed by atoms with van der Waals surface area (Å²) < 4.78 is 6.47. The molecule has 1 N–H and O–H groups in total. The van der Waals surface area contributed by atoms with E-state index in [0.29, 0.717) is 11.0 Å². The van der Waals surface area contributed by atoms with Gasteiger partial charge in [-0.3, -0.25) is 4.68 Å². The largest absolute Gasteiger partial charge is 0.492 e. The lowest BCUT2D eigenvalue weighted by atomic mass is 10.1. The molecule has 0 atom stereocenters. The molecule has 0 spiro atoms. The number of hydrogen-bond acceptors (Lipinski definition) is 3. The van der Waals surface area contributed by atoms with Crippen molar-refractivity contribution in [1.29, 1.82) is 0 Å². The number of alkyl halides is 1. The summed E-state index contributed by atoms with van der Waals surface area (Å²) in [5.74, 6) is -0.845. The van der Waals surface area contributed by atoms with E-state index in [1.54, 1.807) is 19.2 Å². The van der Waals surface area contributed by atoms with Gasteiger partial charge in [0.25, 0.3) is 0 Å². The molecule has 0 aliphatic rings. The number of nitrogens with zero attached hydrogens (tertiary/aromatic N) is 2. The van der Waals surface area contributed by atoms with Crippen LogP contribution in [0.5, 0.6) is 5.75 Å². The Morgan fingerprint density at radius 2 is 2.32 bits per heavy atom. The Bertz CT molecular complexity index is 544. The summed E-state index contributed by atoms with van der Waals surface area (Å²) in [6.45, 7) is 3.64. The maximum atomic E-state index is 11.2. The van der Waals surface area contributed by atoms with Crippen molar-refractivity contribution in [3.05, 3.63) is 42.3 Å². The minimum absolute atomic E-state index is 0.0136. The SMILES string of the molecule is C=C/C=C(\C=C/CBr)c1nn(C)c(C(=O)O)c1OC. The second kappa shape index (κ2) is 6.94. The van der Waals surface area contributed by atoms with Gasteiger partial charge in [0.05, 0.1) is 7.11 Å². The van der Waals surface area contributed by atoms with Gasteiger partial charge in [-0.2, -0.15) is 5.10 Å². The maximum absolute atomic E-state index is 11.2. The summed E-state index contributed by atoms with van der Waals surface area (Å²) in [6, 6.07) is 0. The van der Waals surface area contributed by atoms with Crippen molar-refractivity contribution < 1.29 is 14.6 Å². The maximum Gasteiger partial charge on any atom is 0.358 e. The quantitative estimate of drug-likeness (QED) is 0.644. The molecular weight excluding hydrogens is 312 g/mol. The number of ether oxygens (including phenoxy) is 1. The molecule has 0 saturated carbocycles. The number of hydrogen-bond donors (Lipinski definition) is 1. The summed E-state index contributed by atoms with van der Waals surface area (Å²) in [4.78, 5) is 11.2. The first-order chi connectivity index (χ1) is 9.06. The number of carboxylic acids is 1. The van der Waals surface area contributed by atoms with Gasteiger partial charge in [0, 0.05) is 18.0 Å². The first kappa shape index (κ1) is 15.2. The van der Waals surface area contributed by atoms with Crippen molar-refractivity contribution in [3.8, 4) is 5.75 Å². The average Bonchev–Trinajstić information content (AvgIpc) is 2.71. The van der Waals surface area contributed by atoms with Crippen LogP contribution in [0.15, 0.2) is 30.9 Å². The standard InChI is InChI=1S/C13H15BrN2O3/c1-4-6-9(7-5-8-14)10-12(19-3)11(13(17)18)16(2)15-10/h4-7H,1,8H2,2-3H3,(H,17,18)/b7-5-,9-6+. The van der Waals surface area contributed by atoms with Crippen molar-refractivity contribution in [1.82, 2.24) is 9.78 Å². The first-order valence-electron chi connectivity index (χ1n) is 5.46. The smallest absolute Gasteiger partial charge is 0.358 e. The van der Waals surface area contributed by atoms with Crippen molar-refractivity contribution in [2.75, 3.05) is 12.4 Å². The minimum Gasteiger partial charge on any atom is -0.492 e. The minimum atomic E-state index is -1.08. The van der Waals surface area contributed by atoms with Gasteiger partial charge >= 0.3 is 5.97 Å². The third-order valence-corrected chi connectivity index (χ3v) is 2.74. The van der Waals surface area contributed by atoms with Gasteiger partial charge in [0.15, 0.2) is 11.4 Å². The molecule has 0 bridgehead atoms. The lowest BCUT2D eigenvalue weighted by molar-refractivity contribution is 0.0681. The summed E-state index contributed by atoms with van der Waals surface area (Å²) >= 11 is 3.29. The fourth-order valence-corrected chi connectivity index (χ4v) is 1.82. The molecule has 0 amide bonds. The highest BCUT2D eigenvalue weighted by Gasteiger charge is 2.23. The molecule has 1 rings (SSSR count). The summed E-state index contributed by atoms with van der Waals surface area (Å²) in [5.41, 5.74) is 1.22. The van der Waals surface area contributed by atoms with E-state index in [9.17, 15) is 9.90 Å². The molecule has 6 heteroatoms. The molecule has 19 heavy (non-hydrogen) atoms. The molecule has 0 unspecified atom stereocenters. The van der Waals surface area contributed by atoms with Crippen LogP contribution in [0.2, 0.25) is 0 Å². The summed E-state index contributed by atoms with van der Waals surface area (Å²) in [7, 11) is 2.99. The highest BCUT2D eigenvalue weighted by atomic mass is 79.9. The zero-order valence-corrected chi connectivity index (χ0v) is 12.3. The van der Waals surface area contributed by atoms with Crippen molar-refractivity contribution in [2.45, 2.75) is 0 Å². The molecule has 0 radical (unpaired) electrons. The second-order valence-electron chi connectivity index (χ2n) is 3.57. The number of aromatic nitrogens is 2. The van der Waals surface area contributed by atoms with Gasteiger partial charge in [-0.05, 0) is 0 Å². The number of methoxy groups -OCH3 is 1. The zero-order chi connectivity index (χ0) is 14.4. The Labute approximate surface area is 120 Å². The normalized spacial score (nSPS) is 11.8. The average molecular weight is 327 g/mol. The summed E-state index contributed by atoms with van der Waals surface area (Å²) in [5, 5.41) is 14.1. The van der Waals surface area contributed by atoms with Gasteiger partial charge in [-0.25, -0.2) is 4.79 Å². The molecule has 0 aromatic carbocycles. The molecule has 1 heterocycles. The van der Waals surface area contributed by atoms with Crippen LogP contribution in [0.1, 0.15) is 16.2 Å². The van der Waals surface area contributed by atoms with Crippen molar-refractivity contribution >= 4 is 27.5 Å². The number of allylic oxidation sites excluding steroid dienone is 5. The molecule has 0 aliphatic heterocycles. The van der Waals surface area contributed by atoms with Crippen LogP contribution in [-0.2, 0) is 7.05 Å². The van der Waals surface area contributed by atoms with Crippen molar-refractivity contribution in [3.63, 3.8) is 0 Å². The number of rotatable bonds is 6. The van der Waals surface area contributed by atoms with E-state index in [2.05, 4.69) is 27.6 Å². The van der Waals surface area contributed by atoms with E-state index in [0.717, 1.165) is 5.57 Å². The predicted molar refractivity (Wildman–Crippen MR) is 77.8 cm³/mol. The van der Waals surface area contributed by atoms with Gasteiger partial charge in [0.1, 0.15) is 5.69 Å². The molecular formula is C13H15BrN2O3. The van der Waals surface area contributed by atoms with Crippen LogP contribution < -0.4 is 4.74 Å². The van der Waals surface area contributed by atoms with E-state index < -0.39 is 5.97 Å². The fraction of sp³-hybridized carbons (Fsp3) is 0.231. The molecule has 102 valence electrons. The lowest BCUT2D eigenvalue weighted by Crippen LogP contribution is -2.06. The third-order valence-electron chi connectivity index (χ3n) is 2.37. The Morgan fingerprint density at radius 3 is 2.79 bits per heavy atom. The molecule has 5 nitrogen and oxygen atoms in total. The molecule has 1 aromatic rings. The number of carbonyl (C=O) groups is 1. The molecule has 1 aromatic heterocycles. The number of carboxylic acid groups (broad SMARTS) is 1. The Hall–Kier alpha value is -1.82. The number of aryl methyl sites for hydroxylation is 1. The van der Waals surface area contributed by atoms with Crippen LogP contribution in [0, 0.1) is 0 Å². The van der Waals surface area contributed by atoms with Crippen molar-refractivity contribution in [2.24, 2.45) is 7.05 Å². The molecule has 0 fully saturated rings. The van der Waals surface area contributed by atoms with Crippen LogP contribution in [0.4, 0.5) is 0 Å². The van der Waals surface area contributed by atoms with Gasteiger partial charge in [0.2, 0.25) is 0 Å². The Balaban J connectivity index is 3.44. The third kappa shape index (κ3) is 3.35. The first-order valence-corrected chi connectivity index (χ1v) is 6.58. The Kier molecular flexibility index (Phi) is 5.57. The predicted octanol–water partition coefficient (Wildman–Crippen LogP) is 2.65. The highest BCUT2D eigenvalue weighted by molar-refractivity contribution is 9.09. The van der Waals surface area contributed by atoms with Crippen LogP contribution >= 0.6 is 15.9 Å². The van der Waals surface area contributed by atoms with Crippen LogP contribution in [0.25, 0.3) is 5.57 Å². The highest BCUT2D eigenvalue weighted by Crippen LogP contribution is 2.29. The molecule has 0 saturated heterocycles. The van der Waals surface area contributed by atoms with E-state index in [1.807, 2.05) is 12.2 Å². The fourth-order valence-electron chi connectivity index (χ4n) is 1.63. The topological polar surface area (TPSA) is 64.4 Å². The van der Waals surface area contributed by atoms with E-state index in [-0.39, 0.29) is 11.4 Å². The Morgan fingerprint density at radius 1 is 1.63 bits per heavy atom. The van der Waals surface area contributed by atoms with Crippen LogP contribution in [-0.4, -0.2) is 33.3 Å². The monoisotopic (exact) mass is 326 g/mol. The van der Waals surface area contributed by atoms with Crippen LogP contribution in [0.3, 0.4) is 0 Å². The molecule has 0 aliphatic carbocycles. The van der Waals surface area contributed by atoms with E-state index in [4.69, 9.17) is 4.74 Å². The van der Waals surface area contributed by atoms with Gasteiger partial charge in [-0.15, -0.1) is 0 Å². The zero-order valence-electron chi connectivity index (χ0n) is 10.8. The summed E-state index contributed by atoms with van der Waals surface area (Å²) in [6.07, 6.45) is 7.06.